The summed E-state index contributed by atoms with van der Waals surface area (Å²) in [4.78, 5) is 4.09. The third-order valence-electron chi connectivity index (χ3n) is 3.48. The third-order valence-corrected chi connectivity index (χ3v) is 4.99. The van der Waals surface area contributed by atoms with Gasteiger partial charge in [-0.15, -0.1) is 0 Å². The minimum absolute atomic E-state index is 0.0761. The van der Waals surface area contributed by atoms with Gasteiger partial charge in [0.05, 0.1) is 11.9 Å². The molecule has 7 heteroatoms. The van der Waals surface area contributed by atoms with E-state index in [-0.39, 0.29) is 17.4 Å². The van der Waals surface area contributed by atoms with Gasteiger partial charge in [-0.2, -0.15) is 4.98 Å². The van der Waals surface area contributed by atoms with E-state index >= 15 is 0 Å². The standard InChI is InChI=1S/C16H22N2O4S/c1-3-4-5-15-17-16(22-18-15)11-23(20,21)10-14(19)13-8-6-12(2)7-9-13/h6-9,14,19H,3-5,10-11H2,1-2H3. The predicted molar refractivity (Wildman–Crippen MR) is 86.5 cm³/mol. The molecular formula is C16H22N2O4S. The molecule has 0 aliphatic rings. The zero-order valence-electron chi connectivity index (χ0n) is 13.4. The minimum Gasteiger partial charge on any atom is -0.387 e. The van der Waals surface area contributed by atoms with Gasteiger partial charge in [0.1, 0.15) is 5.75 Å². The maximum Gasteiger partial charge on any atom is 0.241 e. The molecule has 0 amide bonds. The fraction of sp³-hybridized carbons (Fsp3) is 0.500. The van der Waals surface area contributed by atoms with E-state index in [0.29, 0.717) is 17.8 Å². The molecule has 1 aromatic carbocycles. The summed E-state index contributed by atoms with van der Waals surface area (Å²) in [7, 11) is -3.55. The predicted octanol–water partition coefficient (Wildman–Crippen LogP) is 2.37. The lowest BCUT2D eigenvalue weighted by Gasteiger charge is -2.11. The summed E-state index contributed by atoms with van der Waals surface area (Å²) in [6.07, 6.45) is 1.54. The van der Waals surface area contributed by atoms with Crippen molar-refractivity contribution in [2.75, 3.05) is 5.75 Å². The van der Waals surface area contributed by atoms with E-state index in [2.05, 4.69) is 17.1 Å². The van der Waals surface area contributed by atoms with E-state index in [9.17, 15) is 13.5 Å². The normalized spacial score (nSPS) is 13.2. The summed E-state index contributed by atoms with van der Waals surface area (Å²) in [6.45, 7) is 3.98. The molecule has 1 atom stereocenters. The highest BCUT2D eigenvalue weighted by atomic mass is 32.2. The first-order valence-corrected chi connectivity index (χ1v) is 9.48. The molecule has 126 valence electrons. The Balaban J connectivity index is 1.98. The maximum atomic E-state index is 12.2. The lowest BCUT2D eigenvalue weighted by atomic mass is 10.1. The van der Waals surface area contributed by atoms with Gasteiger partial charge < -0.3 is 9.63 Å². The van der Waals surface area contributed by atoms with Crippen LogP contribution < -0.4 is 0 Å². The molecule has 1 unspecified atom stereocenters. The first kappa shape index (κ1) is 17.6. The fourth-order valence-corrected chi connectivity index (χ4v) is 3.44. The minimum atomic E-state index is -3.55. The zero-order chi connectivity index (χ0) is 16.9. The van der Waals surface area contributed by atoms with Gasteiger partial charge >= 0.3 is 0 Å². The lowest BCUT2D eigenvalue weighted by molar-refractivity contribution is 0.201. The molecule has 0 aliphatic carbocycles. The second kappa shape index (κ2) is 7.70. The number of aryl methyl sites for hydroxylation is 2. The molecule has 0 bridgehead atoms. The highest BCUT2D eigenvalue weighted by Gasteiger charge is 2.22. The van der Waals surface area contributed by atoms with E-state index in [0.717, 1.165) is 18.4 Å². The topological polar surface area (TPSA) is 93.3 Å². The summed E-state index contributed by atoms with van der Waals surface area (Å²) in [5.41, 5.74) is 1.63. The summed E-state index contributed by atoms with van der Waals surface area (Å²) in [5, 5.41) is 13.9. The van der Waals surface area contributed by atoms with Crippen LogP contribution in [0.5, 0.6) is 0 Å². The summed E-state index contributed by atoms with van der Waals surface area (Å²) in [5.74, 6) is -0.124. The number of sulfone groups is 1. The Kier molecular flexibility index (Phi) is 5.90. The van der Waals surface area contributed by atoms with E-state index in [4.69, 9.17) is 4.52 Å². The second-order valence-corrected chi connectivity index (χ2v) is 7.80. The monoisotopic (exact) mass is 338 g/mol. The molecule has 0 saturated carbocycles. The molecule has 1 N–H and O–H groups in total. The Morgan fingerprint density at radius 2 is 1.96 bits per heavy atom. The Hall–Kier alpha value is -1.73. The van der Waals surface area contributed by atoms with Crippen LogP contribution >= 0.6 is 0 Å². The van der Waals surface area contributed by atoms with Crippen molar-refractivity contribution in [3.8, 4) is 0 Å². The average molecular weight is 338 g/mol. The van der Waals surface area contributed by atoms with Gasteiger partial charge in [-0.05, 0) is 18.9 Å². The molecule has 0 aliphatic heterocycles. The number of nitrogens with zero attached hydrogens (tertiary/aromatic N) is 2. The van der Waals surface area contributed by atoms with E-state index in [1.807, 2.05) is 19.1 Å². The van der Waals surface area contributed by atoms with Gasteiger partial charge in [0, 0.05) is 6.42 Å². The molecule has 1 heterocycles. The SMILES string of the molecule is CCCCc1noc(CS(=O)(=O)CC(O)c2ccc(C)cc2)n1. The van der Waals surface area contributed by atoms with Gasteiger partial charge in [-0.3, -0.25) is 0 Å². The van der Waals surface area contributed by atoms with Crippen molar-refractivity contribution in [3.05, 3.63) is 47.1 Å². The first-order valence-electron chi connectivity index (χ1n) is 7.66. The van der Waals surface area contributed by atoms with E-state index < -0.39 is 15.9 Å². The van der Waals surface area contributed by atoms with Crippen LogP contribution in [0.4, 0.5) is 0 Å². The Labute approximate surface area is 136 Å². The van der Waals surface area contributed by atoms with Crippen molar-refractivity contribution in [2.24, 2.45) is 0 Å². The molecule has 2 aromatic rings. The number of unbranched alkanes of at least 4 members (excludes halogenated alkanes) is 1. The maximum absolute atomic E-state index is 12.2. The molecular weight excluding hydrogens is 316 g/mol. The lowest BCUT2D eigenvalue weighted by Crippen LogP contribution is -2.16. The van der Waals surface area contributed by atoms with Crippen LogP contribution in [-0.2, 0) is 22.0 Å². The molecule has 1 aromatic heterocycles. The van der Waals surface area contributed by atoms with Crippen molar-refractivity contribution < 1.29 is 18.0 Å². The van der Waals surface area contributed by atoms with Crippen molar-refractivity contribution in [1.29, 1.82) is 0 Å². The summed E-state index contributed by atoms with van der Waals surface area (Å²) >= 11 is 0. The zero-order valence-corrected chi connectivity index (χ0v) is 14.2. The number of hydrogen-bond donors (Lipinski definition) is 1. The molecule has 0 radical (unpaired) electrons. The van der Waals surface area contributed by atoms with Gasteiger partial charge in [-0.1, -0.05) is 48.3 Å². The van der Waals surface area contributed by atoms with Crippen LogP contribution in [0.15, 0.2) is 28.8 Å². The Morgan fingerprint density at radius 1 is 1.26 bits per heavy atom. The van der Waals surface area contributed by atoms with Crippen molar-refractivity contribution in [1.82, 2.24) is 10.1 Å². The number of hydrogen-bond acceptors (Lipinski definition) is 6. The van der Waals surface area contributed by atoms with Crippen molar-refractivity contribution in [3.63, 3.8) is 0 Å². The molecule has 6 nitrogen and oxygen atoms in total. The number of aromatic nitrogens is 2. The number of aliphatic hydroxyl groups is 1. The molecule has 2 rings (SSSR count). The van der Waals surface area contributed by atoms with Gasteiger partial charge in [0.15, 0.2) is 15.7 Å². The molecule has 0 fully saturated rings. The van der Waals surface area contributed by atoms with E-state index in [1.54, 1.807) is 12.1 Å². The summed E-state index contributed by atoms with van der Waals surface area (Å²) < 4.78 is 29.4. The third kappa shape index (κ3) is 5.44. The van der Waals surface area contributed by atoms with Crippen LogP contribution in [0.3, 0.4) is 0 Å². The highest BCUT2D eigenvalue weighted by Crippen LogP contribution is 2.18. The quantitative estimate of drug-likeness (QED) is 0.794. The molecule has 0 saturated heterocycles. The van der Waals surface area contributed by atoms with Crippen molar-refractivity contribution >= 4 is 9.84 Å². The van der Waals surface area contributed by atoms with Gasteiger partial charge in [-0.25, -0.2) is 8.42 Å². The number of aliphatic hydroxyl groups excluding tert-OH is 1. The largest absolute Gasteiger partial charge is 0.387 e. The van der Waals surface area contributed by atoms with E-state index in [1.165, 1.54) is 0 Å². The fourth-order valence-electron chi connectivity index (χ4n) is 2.16. The van der Waals surface area contributed by atoms with Crippen LogP contribution in [0.2, 0.25) is 0 Å². The Morgan fingerprint density at radius 3 is 2.61 bits per heavy atom. The number of benzene rings is 1. The molecule has 0 spiro atoms. The summed E-state index contributed by atoms with van der Waals surface area (Å²) in [6, 6.07) is 7.13. The van der Waals surface area contributed by atoms with Gasteiger partial charge in [0.25, 0.3) is 0 Å². The van der Waals surface area contributed by atoms with Crippen molar-refractivity contribution in [2.45, 2.75) is 45.0 Å². The molecule has 23 heavy (non-hydrogen) atoms. The highest BCUT2D eigenvalue weighted by molar-refractivity contribution is 7.90. The average Bonchev–Trinajstić information content (AvgIpc) is 2.91. The van der Waals surface area contributed by atoms with Gasteiger partial charge in [0.2, 0.25) is 5.89 Å². The smallest absolute Gasteiger partial charge is 0.241 e. The van der Waals surface area contributed by atoms with Crippen LogP contribution in [0, 0.1) is 6.92 Å². The first-order chi connectivity index (χ1) is 10.9. The van der Waals surface area contributed by atoms with Crippen LogP contribution in [0.25, 0.3) is 0 Å². The second-order valence-electron chi connectivity index (χ2n) is 5.69. The van der Waals surface area contributed by atoms with Crippen LogP contribution in [-0.4, -0.2) is 29.4 Å². The number of rotatable bonds is 8. The van der Waals surface area contributed by atoms with Crippen LogP contribution in [0.1, 0.15) is 48.7 Å². The Bertz CT molecular complexity index is 723.